The maximum atomic E-state index is 11.1. The van der Waals surface area contributed by atoms with E-state index in [1.165, 1.54) is 0 Å². The molecule has 0 bridgehead atoms. The Balaban J connectivity index is 2.08. The normalized spacial score (nSPS) is 11.1. The first-order valence-corrected chi connectivity index (χ1v) is 5.55. The maximum Gasteiger partial charge on any atom is 0.309 e. The zero-order chi connectivity index (χ0) is 12.1. The van der Waals surface area contributed by atoms with Crippen molar-refractivity contribution in [2.45, 2.75) is 13.3 Å². The molecule has 4 nitrogen and oxygen atoms in total. The molecule has 2 aromatic rings. The van der Waals surface area contributed by atoms with Crippen LogP contribution in [0.15, 0.2) is 36.8 Å². The van der Waals surface area contributed by atoms with E-state index in [0.29, 0.717) is 6.61 Å². The highest BCUT2D eigenvalue weighted by Gasteiger charge is 2.00. The summed E-state index contributed by atoms with van der Waals surface area (Å²) < 4.78 is 6.77. The molecule has 0 aliphatic carbocycles. The van der Waals surface area contributed by atoms with Crippen LogP contribution in [0.25, 0.3) is 11.6 Å². The minimum absolute atomic E-state index is 0.215. The number of pyridine rings is 1. The molecule has 0 fully saturated rings. The predicted octanol–water partition coefficient (Wildman–Crippen LogP) is 2.30. The fraction of sp³-hybridized carbons (Fsp3) is 0.231. The molecule has 0 spiro atoms. The Bertz CT molecular complexity index is 543. The number of nitrogens with zero attached hydrogens (tertiary/aromatic N) is 2. The lowest BCUT2D eigenvalue weighted by Gasteiger charge is -1.96. The Morgan fingerprint density at radius 3 is 3.24 bits per heavy atom. The topological polar surface area (TPSA) is 43.6 Å². The highest BCUT2D eigenvalue weighted by molar-refractivity contribution is 5.74. The molecule has 0 amide bonds. The van der Waals surface area contributed by atoms with Crippen LogP contribution in [0.2, 0.25) is 0 Å². The van der Waals surface area contributed by atoms with Gasteiger partial charge in [0.1, 0.15) is 0 Å². The number of esters is 1. The molecule has 4 heteroatoms. The SMILES string of the molecule is CCOC(=O)CC=Cc1ncn2ccccc12. The fourth-order valence-corrected chi connectivity index (χ4v) is 1.58. The van der Waals surface area contributed by atoms with Crippen LogP contribution in [0.1, 0.15) is 19.0 Å². The molecule has 88 valence electrons. The Hall–Kier alpha value is -2.10. The van der Waals surface area contributed by atoms with Crippen LogP contribution in [0.4, 0.5) is 0 Å². The minimum Gasteiger partial charge on any atom is -0.466 e. The van der Waals surface area contributed by atoms with E-state index in [2.05, 4.69) is 4.98 Å². The molecule has 0 saturated heterocycles. The minimum atomic E-state index is -0.215. The average Bonchev–Trinajstić information content (AvgIpc) is 2.73. The lowest BCUT2D eigenvalue weighted by atomic mass is 10.3. The second-order valence-electron chi connectivity index (χ2n) is 3.53. The molecule has 0 aliphatic rings. The van der Waals surface area contributed by atoms with Crippen LogP contribution in [0, 0.1) is 0 Å². The number of imidazole rings is 1. The Morgan fingerprint density at radius 1 is 1.53 bits per heavy atom. The number of ether oxygens (including phenoxy) is 1. The van der Waals surface area contributed by atoms with Crippen molar-refractivity contribution in [2.75, 3.05) is 6.61 Å². The molecule has 0 atom stereocenters. The van der Waals surface area contributed by atoms with Crippen LogP contribution in [0.5, 0.6) is 0 Å². The molecule has 0 N–H and O–H groups in total. The van der Waals surface area contributed by atoms with Gasteiger partial charge in [-0.3, -0.25) is 4.79 Å². The summed E-state index contributed by atoms with van der Waals surface area (Å²) in [5.74, 6) is -0.215. The van der Waals surface area contributed by atoms with Gasteiger partial charge in [-0.1, -0.05) is 12.1 Å². The second-order valence-corrected chi connectivity index (χ2v) is 3.53. The van der Waals surface area contributed by atoms with E-state index in [-0.39, 0.29) is 12.4 Å². The molecule has 0 aromatic carbocycles. The highest BCUT2D eigenvalue weighted by Crippen LogP contribution is 2.10. The number of fused-ring (bicyclic) bond motifs is 1. The first-order chi connectivity index (χ1) is 8.31. The molecule has 0 saturated carbocycles. The van der Waals surface area contributed by atoms with E-state index in [4.69, 9.17) is 4.74 Å². The summed E-state index contributed by atoms with van der Waals surface area (Å²) in [5, 5.41) is 0. The van der Waals surface area contributed by atoms with Gasteiger partial charge in [0.2, 0.25) is 0 Å². The molecule has 17 heavy (non-hydrogen) atoms. The van der Waals surface area contributed by atoms with Crippen molar-refractivity contribution < 1.29 is 9.53 Å². The van der Waals surface area contributed by atoms with Crippen LogP contribution in [0.3, 0.4) is 0 Å². The van der Waals surface area contributed by atoms with Crippen molar-refractivity contribution in [2.24, 2.45) is 0 Å². The first kappa shape index (κ1) is 11.4. The van der Waals surface area contributed by atoms with Crippen molar-refractivity contribution in [3.05, 3.63) is 42.5 Å². The lowest BCUT2D eigenvalue weighted by Crippen LogP contribution is -2.01. The van der Waals surface area contributed by atoms with Crippen LogP contribution < -0.4 is 0 Å². The molecule has 2 heterocycles. The van der Waals surface area contributed by atoms with Gasteiger partial charge in [0.05, 0.1) is 30.6 Å². The van der Waals surface area contributed by atoms with Gasteiger partial charge in [-0.05, 0) is 25.1 Å². The average molecular weight is 230 g/mol. The van der Waals surface area contributed by atoms with Gasteiger partial charge in [-0.15, -0.1) is 0 Å². The highest BCUT2D eigenvalue weighted by atomic mass is 16.5. The van der Waals surface area contributed by atoms with E-state index in [0.717, 1.165) is 11.2 Å². The smallest absolute Gasteiger partial charge is 0.309 e. The number of aromatic nitrogens is 2. The van der Waals surface area contributed by atoms with Crippen molar-refractivity contribution in [3.8, 4) is 0 Å². The summed E-state index contributed by atoms with van der Waals surface area (Å²) in [6.45, 7) is 2.21. The summed E-state index contributed by atoms with van der Waals surface area (Å²) in [7, 11) is 0. The molecule has 2 rings (SSSR count). The lowest BCUT2D eigenvalue weighted by molar-refractivity contribution is -0.142. The van der Waals surface area contributed by atoms with Crippen molar-refractivity contribution in [3.63, 3.8) is 0 Å². The number of carbonyl (C=O) groups excluding carboxylic acids is 1. The van der Waals surface area contributed by atoms with Crippen LogP contribution >= 0.6 is 0 Å². The Kier molecular flexibility index (Phi) is 3.55. The summed E-state index contributed by atoms with van der Waals surface area (Å²) in [6, 6.07) is 5.89. The van der Waals surface area contributed by atoms with E-state index < -0.39 is 0 Å². The van der Waals surface area contributed by atoms with E-state index >= 15 is 0 Å². The van der Waals surface area contributed by atoms with Crippen molar-refractivity contribution >= 4 is 17.6 Å². The van der Waals surface area contributed by atoms with Crippen LogP contribution in [-0.4, -0.2) is 22.0 Å². The molecule has 0 unspecified atom stereocenters. The van der Waals surface area contributed by atoms with Gasteiger partial charge in [-0.25, -0.2) is 4.98 Å². The summed E-state index contributed by atoms with van der Waals surface area (Å²) in [5.41, 5.74) is 1.88. The van der Waals surface area contributed by atoms with E-state index in [9.17, 15) is 4.79 Å². The van der Waals surface area contributed by atoms with Gasteiger partial charge in [0.25, 0.3) is 0 Å². The fourth-order valence-electron chi connectivity index (χ4n) is 1.58. The number of rotatable bonds is 4. The van der Waals surface area contributed by atoms with Gasteiger partial charge >= 0.3 is 5.97 Å². The third-order valence-corrected chi connectivity index (χ3v) is 2.34. The van der Waals surface area contributed by atoms with E-state index in [1.807, 2.05) is 34.9 Å². The Morgan fingerprint density at radius 2 is 2.41 bits per heavy atom. The number of hydrogen-bond acceptors (Lipinski definition) is 3. The molecular formula is C13H14N2O2. The number of carbonyl (C=O) groups is 1. The zero-order valence-electron chi connectivity index (χ0n) is 9.67. The molecular weight excluding hydrogens is 216 g/mol. The predicted molar refractivity (Wildman–Crippen MR) is 65.5 cm³/mol. The third-order valence-electron chi connectivity index (χ3n) is 2.34. The monoisotopic (exact) mass is 230 g/mol. The van der Waals surface area contributed by atoms with Gasteiger partial charge in [0, 0.05) is 6.20 Å². The summed E-state index contributed by atoms with van der Waals surface area (Å²) in [4.78, 5) is 15.4. The third kappa shape index (κ3) is 2.72. The summed E-state index contributed by atoms with van der Waals surface area (Å²) >= 11 is 0. The Labute approximate surface area is 99.5 Å². The first-order valence-electron chi connectivity index (χ1n) is 5.55. The largest absolute Gasteiger partial charge is 0.466 e. The standard InChI is InChI=1S/C13H14N2O2/c1-2-17-13(16)8-5-6-11-12-7-3-4-9-15(12)10-14-11/h3-7,9-10H,2,8H2,1H3. The molecule has 0 radical (unpaired) electrons. The second kappa shape index (κ2) is 5.30. The van der Waals surface area contributed by atoms with Crippen molar-refractivity contribution in [1.29, 1.82) is 0 Å². The molecule has 0 aliphatic heterocycles. The molecule has 2 aromatic heterocycles. The quantitative estimate of drug-likeness (QED) is 0.757. The maximum absolute atomic E-state index is 11.1. The number of hydrogen-bond donors (Lipinski definition) is 0. The van der Waals surface area contributed by atoms with Gasteiger partial charge in [0.15, 0.2) is 0 Å². The zero-order valence-corrected chi connectivity index (χ0v) is 9.67. The van der Waals surface area contributed by atoms with Crippen LogP contribution in [-0.2, 0) is 9.53 Å². The van der Waals surface area contributed by atoms with Crippen molar-refractivity contribution in [1.82, 2.24) is 9.38 Å². The van der Waals surface area contributed by atoms with Gasteiger partial charge < -0.3 is 9.14 Å². The van der Waals surface area contributed by atoms with E-state index in [1.54, 1.807) is 19.3 Å². The van der Waals surface area contributed by atoms with Gasteiger partial charge in [-0.2, -0.15) is 0 Å². The summed E-state index contributed by atoms with van der Waals surface area (Å²) in [6.07, 6.45) is 7.57.